The lowest BCUT2D eigenvalue weighted by atomic mass is 10.1. The van der Waals surface area contributed by atoms with Crippen molar-refractivity contribution in [3.63, 3.8) is 0 Å². The molecule has 0 fully saturated rings. The second-order valence-corrected chi connectivity index (χ2v) is 5.83. The lowest BCUT2D eigenvalue weighted by Crippen LogP contribution is -2.39. The Hall–Kier alpha value is -2.89. The van der Waals surface area contributed by atoms with Crippen LogP contribution < -0.4 is 9.64 Å². The Kier molecular flexibility index (Phi) is 4.97. The fourth-order valence-corrected chi connectivity index (χ4v) is 2.90. The Balaban J connectivity index is 1.52. The first-order valence-electron chi connectivity index (χ1n) is 7.99. The summed E-state index contributed by atoms with van der Waals surface area (Å²) in [4.78, 5) is 25.8. The van der Waals surface area contributed by atoms with Crippen molar-refractivity contribution in [2.75, 3.05) is 18.1 Å². The molecule has 0 N–H and O–H groups in total. The number of benzene rings is 2. The zero-order valence-electron chi connectivity index (χ0n) is 13.8. The average Bonchev–Trinajstić information content (AvgIpc) is 2.94. The number of hydrogen-bond acceptors (Lipinski definition) is 4. The van der Waals surface area contributed by atoms with Crippen LogP contribution in [0.1, 0.15) is 12.5 Å². The van der Waals surface area contributed by atoms with E-state index in [9.17, 15) is 14.0 Å². The minimum atomic E-state index is -0.725. The number of carbonyl (C=O) groups excluding carboxylic acids is 2. The van der Waals surface area contributed by atoms with Crippen LogP contribution in [0.2, 0.25) is 0 Å². The molecule has 5 nitrogen and oxygen atoms in total. The first-order chi connectivity index (χ1) is 12.1. The van der Waals surface area contributed by atoms with Gasteiger partial charge in [-0.05, 0) is 37.1 Å². The number of esters is 1. The molecule has 2 aromatic rings. The van der Waals surface area contributed by atoms with E-state index in [0.717, 1.165) is 17.7 Å². The molecule has 1 amide bonds. The fourth-order valence-electron chi connectivity index (χ4n) is 2.90. The van der Waals surface area contributed by atoms with Gasteiger partial charge in [0.2, 0.25) is 0 Å². The maximum absolute atomic E-state index is 13.4. The number of nitrogens with zero attached hydrogens (tertiary/aromatic N) is 1. The summed E-state index contributed by atoms with van der Waals surface area (Å²) in [6, 6.07) is 13.4. The number of carbonyl (C=O) groups is 2. The van der Waals surface area contributed by atoms with E-state index in [1.54, 1.807) is 11.0 Å². The van der Waals surface area contributed by atoms with Gasteiger partial charge < -0.3 is 14.4 Å². The predicted molar refractivity (Wildman–Crippen MR) is 89.9 cm³/mol. The van der Waals surface area contributed by atoms with Crippen molar-refractivity contribution in [2.45, 2.75) is 19.4 Å². The number of hydrogen-bond donors (Lipinski definition) is 0. The number of rotatable bonds is 5. The third-order valence-electron chi connectivity index (χ3n) is 4.01. The van der Waals surface area contributed by atoms with E-state index in [1.807, 2.05) is 31.2 Å². The van der Waals surface area contributed by atoms with E-state index in [2.05, 4.69) is 0 Å². The van der Waals surface area contributed by atoms with Gasteiger partial charge in [-0.3, -0.25) is 4.79 Å². The third-order valence-corrected chi connectivity index (χ3v) is 4.01. The summed E-state index contributed by atoms with van der Waals surface area (Å²) >= 11 is 0. The van der Waals surface area contributed by atoms with Crippen molar-refractivity contribution in [1.82, 2.24) is 0 Å². The summed E-state index contributed by atoms with van der Waals surface area (Å²) in [5.41, 5.74) is 1.94. The number of fused-ring (bicyclic) bond motifs is 1. The van der Waals surface area contributed by atoms with Crippen molar-refractivity contribution < 1.29 is 23.5 Å². The SMILES string of the molecule is C[C@@H]1Cc2ccccc2N1C(=O)COC(=O)COc1ccccc1F. The van der Waals surface area contributed by atoms with Gasteiger partial charge in [0.1, 0.15) is 0 Å². The quantitative estimate of drug-likeness (QED) is 0.784. The zero-order valence-corrected chi connectivity index (χ0v) is 13.8. The molecule has 0 saturated heterocycles. The number of ether oxygens (including phenoxy) is 2. The summed E-state index contributed by atoms with van der Waals surface area (Å²) in [5, 5.41) is 0. The Labute approximate surface area is 145 Å². The van der Waals surface area contributed by atoms with Crippen LogP contribution in [0.15, 0.2) is 48.5 Å². The van der Waals surface area contributed by atoms with Gasteiger partial charge >= 0.3 is 5.97 Å². The summed E-state index contributed by atoms with van der Waals surface area (Å²) in [6.07, 6.45) is 0.770. The van der Waals surface area contributed by atoms with E-state index >= 15 is 0 Å². The predicted octanol–water partition coefficient (Wildman–Crippen LogP) is 2.73. The average molecular weight is 343 g/mol. The molecule has 1 atom stereocenters. The molecular formula is C19H18FNO4. The van der Waals surface area contributed by atoms with Crippen molar-refractivity contribution in [3.05, 3.63) is 59.9 Å². The van der Waals surface area contributed by atoms with E-state index in [1.165, 1.54) is 18.2 Å². The van der Waals surface area contributed by atoms with Crippen LogP contribution >= 0.6 is 0 Å². The smallest absolute Gasteiger partial charge is 0.344 e. The van der Waals surface area contributed by atoms with Crippen LogP contribution in [0.4, 0.5) is 10.1 Å². The fraction of sp³-hybridized carbons (Fsp3) is 0.263. The molecule has 0 spiro atoms. The van der Waals surface area contributed by atoms with Gasteiger partial charge in [0.15, 0.2) is 24.8 Å². The van der Waals surface area contributed by atoms with Crippen LogP contribution in [-0.4, -0.2) is 31.1 Å². The second kappa shape index (κ2) is 7.34. The maximum atomic E-state index is 13.4. The Morgan fingerprint density at radius 3 is 2.64 bits per heavy atom. The van der Waals surface area contributed by atoms with E-state index in [-0.39, 0.29) is 24.3 Å². The van der Waals surface area contributed by atoms with Crippen LogP contribution in [-0.2, 0) is 20.7 Å². The maximum Gasteiger partial charge on any atom is 0.344 e. The molecule has 0 aliphatic carbocycles. The van der Waals surface area contributed by atoms with E-state index in [4.69, 9.17) is 9.47 Å². The molecule has 6 heteroatoms. The summed E-state index contributed by atoms with van der Waals surface area (Å²) < 4.78 is 23.4. The molecule has 25 heavy (non-hydrogen) atoms. The highest BCUT2D eigenvalue weighted by atomic mass is 19.1. The van der Waals surface area contributed by atoms with Crippen LogP contribution in [0.3, 0.4) is 0 Å². The number of halogens is 1. The molecule has 0 bridgehead atoms. The Morgan fingerprint density at radius 1 is 1.12 bits per heavy atom. The summed E-state index contributed by atoms with van der Waals surface area (Å²) in [7, 11) is 0. The largest absolute Gasteiger partial charge is 0.479 e. The van der Waals surface area contributed by atoms with Gasteiger partial charge in [-0.2, -0.15) is 0 Å². The Morgan fingerprint density at radius 2 is 1.84 bits per heavy atom. The van der Waals surface area contributed by atoms with Crippen molar-refractivity contribution in [2.24, 2.45) is 0 Å². The van der Waals surface area contributed by atoms with Gasteiger partial charge in [-0.1, -0.05) is 30.3 Å². The van der Waals surface area contributed by atoms with Crippen LogP contribution in [0, 0.1) is 5.82 Å². The van der Waals surface area contributed by atoms with Gasteiger partial charge in [-0.15, -0.1) is 0 Å². The second-order valence-electron chi connectivity index (χ2n) is 5.83. The summed E-state index contributed by atoms with van der Waals surface area (Å²) in [5.74, 6) is -1.62. The third kappa shape index (κ3) is 3.79. The molecule has 0 unspecified atom stereocenters. The van der Waals surface area contributed by atoms with Crippen molar-refractivity contribution in [1.29, 1.82) is 0 Å². The minimum absolute atomic E-state index is 0.0123. The molecule has 1 aliphatic heterocycles. The molecule has 3 rings (SSSR count). The first-order valence-corrected chi connectivity index (χ1v) is 7.99. The monoisotopic (exact) mass is 343 g/mol. The highest BCUT2D eigenvalue weighted by Crippen LogP contribution is 2.31. The van der Waals surface area contributed by atoms with Gasteiger partial charge in [0, 0.05) is 11.7 Å². The topological polar surface area (TPSA) is 55.8 Å². The van der Waals surface area contributed by atoms with Gasteiger partial charge in [-0.25, -0.2) is 9.18 Å². The first kappa shape index (κ1) is 17.0. The molecule has 130 valence electrons. The molecule has 0 saturated carbocycles. The number of anilines is 1. The van der Waals surface area contributed by atoms with Crippen molar-refractivity contribution >= 4 is 17.6 Å². The van der Waals surface area contributed by atoms with Gasteiger partial charge in [0.05, 0.1) is 0 Å². The normalized spacial score (nSPS) is 15.6. The molecule has 1 heterocycles. The zero-order chi connectivity index (χ0) is 17.8. The number of amides is 1. The van der Waals surface area contributed by atoms with E-state index < -0.39 is 18.4 Å². The van der Waals surface area contributed by atoms with Gasteiger partial charge in [0.25, 0.3) is 5.91 Å². The van der Waals surface area contributed by atoms with Crippen LogP contribution in [0.5, 0.6) is 5.75 Å². The highest BCUT2D eigenvalue weighted by molar-refractivity contribution is 5.97. The highest BCUT2D eigenvalue weighted by Gasteiger charge is 2.30. The van der Waals surface area contributed by atoms with Crippen LogP contribution in [0.25, 0.3) is 0 Å². The number of para-hydroxylation sites is 2. The molecule has 2 aromatic carbocycles. The molecule has 0 radical (unpaired) electrons. The standard InChI is InChI=1S/C19H18FNO4/c1-13-10-14-6-2-4-8-16(14)21(13)18(22)11-25-19(23)12-24-17-9-5-3-7-15(17)20/h2-9,13H,10-12H2,1H3/t13-/m1/s1. The summed E-state index contributed by atoms with van der Waals surface area (Å²) in [6.45, 7) is 1.11. The Bertz CT molecular complexity index is 792. The molecular weight excluding hydrogens is 325 g/mol. The lowest BCUT2D eigenvalue weighted by molar-refractivity contribution is -0.149. The minimum Gasteiger partial charge on any atom is -0.479 e. The van der Waals surface area contributed by atoms with Crippen molar-refractivity contribution in [3.8, 4) is 5.75 Å². The molecule has 1 aliphatic rings. The lowest BCUT2D eigenvalue weighted by Gasteiger charge is -2.22. The molecule has 0 aromatic heterocycles. The van der Waals surface area contributed by atoms with E-state index in [0.29, 0.717) is 0 Å².